The van der Waals surface area contributed by atoms with Crippen molar-refractivity contribution in [2.45, 2.75) is 11.4 Å². The lowest BCUT2D eigenvalue weighted by Crippen LogP contribution is -2.23. The van der Waals surface area contributed by atoms with Crippen LogP contribution in [-0.2, 0) is 23.6 Å². The monoisotopic (exact) mass is 267 g/mol. The van der Waals surface area contributed by atoms with Crippen LogP contribution in [0.4, 0.5) is 5.82 Å². The zero-order valence-electron chi connectivity index (χ0n) is 9.74. The Hall–Kier alpha value is -1.93. The fourth-order valence-corrected chi connectivity index (χ4v) is 2.50. The van der Waals surface area contributed by atoms with Gasteiger partial charge in [0.05, 0.1) is 6.20 Å². The third kappa shape index (κ3) is 2.49. The van der Waals surface area contributed by atoms with Crippen LogP contribution in [0.2, 0.25) is 0 Å². The minimum Gasteiger partial charge on any atom is -0.383 e. The van der Waals surface area contributed by atoms with Crippen LogP contribution < -0.4 is 10.5 Å². The molecule has 3 N–H and O–H groups in total. The van der Waals surface area contributed by atoms with Crippen LogP contribution in [0, 0.1) is 0 Å². The molecular formula is C10H13N5O2S. The zero-order valence-corrected chi connectivity index (χ0v) is 10.6. The molecule has 0 saturated carbocycles. The summed E-state index contributed by atoms with van der Waals surface area (Å²) in [5, 5.41) is 3.80. The Kier molecular flexibility index (Phi) is 3.30. The van der Waals surface area contributed by atoms with Crippen LogP contribution in [0.3, 0.4) is 0 Å². The van der Waals surface area contributed by atoms with Gasteiger partial charge in [0, 0.05) is 26.0 Å². The van der Waals surface area contributed by atoms with Gasteiger partial charge in [-0.1, -0.05) is 0 Å². The summed E-state index contributed by atoms with van der Waals surface area (Å²) >= 11 is 0. The number of nitrogens with zero attached hydrogens (tertiary/aromatic N) is 3. The van der Waals surface area contributed by atoms with Crippen LogP contribution in [0.15, 0.2) is 35.6 Å². The Morgan fingerprint density at radius 1 is 1.39 bits per heavy atom. The van der Waals surface area contributed by atoms with E-state index in [0.717, 1.165) is 5.56 Å². The van der Waals surface area contributed by atoms with Crippen LogP contribution in [0.1, 0.15) is 5.56 Å². The molecule has 2 aromatic rings. The Balaban J connectivity index is 2.16. The van der Waals surface area contributed by atoms with Crippen molar-refractivity contribution in [3.8, 4) is 0 Å². The van der Waals surface area contributed by atoms with Crippen molar-refractivity contribution in [2.75, 3.05) is 5.73 Å². The summed E-state index contributed by atoms with van der Waals surface area (Å²) in [5.41, 5.74) is 6.44. The summed E-state index contributed by atoms with van der Waals surface area (Å²) < 4.78 is 27.7. The smallest absolute Gasteiger partial charge is 0.246 e. The van der Waals surface area contributed by atoms with Crippen molar-refractivity contribution < 1.29 is 8.42 Å². The highest BCUT2D eigenvalue weighted by Crippen LogP contribution is 2.16. The van der Waals surface area contributed by atoms with Crippen LogP contribution in [-0.4, -0.2) is 23.2 Å². The van der Waals surface area contributed by atoms with E-state index in [1.807, 2.05) is 0 Å². The SMILES string of the molecule is Cn1ncc(S(=O)(=O)NCc2ccncc2)c1N. The maximum atomic E-state index is 12.0. The van der Waals surface area contributed by atoms with Gasteiger partial charge in [-0.3, -0.25) is 9.67 Å². The molecule has 0 amide bonds. The second kappa shape index (κ2) is 4.75. The fraction of sp³-hybridized carbons (Fsp3) is 0.200. The van der Waals surface area contributed by atoms with E-state index in [1.165, 1.54) is 10.9 Å². The minimum absolute atomic E-state index is 0.0148. The highest BCUT2D eigenvalue weighted by Gasteiger charge is 2.20. The molecule has 0 bridgehead atoms. The number of rotatable bonds is 4. The number of aryl methyl sites for hydroxylation is 1. The lowest BCUT2D eigenvalue weighted by molar-refractivity contribution is 0.581. The van der Waals surface area contributed by atoms with Gasteiger partial charge in [-0.2, -0.15) is 5.10 Å². The maximum absolute atomic E-state index is 12.0. The largest absolute Gasteiger partial charge is 0.383 e. The van der Waals surface area contributed by atoms with E-state index in [2.05, 4.69) is 14.8 Å². The van der Waals surface area contributed by atoms with Gasteiger partial charge in [-0.25, -0.2) is 13.1 Å². The van der Waals surface area contributed by atoms with Crippen molar-refractivity contribution in [3.63, 3.8) is 0 Å². The Morgan fingerprint density at radius 2 is 2.06 bits per heavy atom. The third-order valence-electron chi connectivity index (χ3n) is 2.45. The summed E-state index contributed by atoms with van der Waals surface area (Å²) in [5.74, 6) is 0.109. The zero-order chi connectivity index (χ0) is 13.2. The molecule has 0 radical (unpaired) electrons. The highest BCUT2D eigenvalue weighted by molar-refractivity contribution is 7.89. The number of aromatic nitrogens is 3. The molecule has 0 aliphatic rings. The predicted octanol–water partition coefficient (Wildman–Crippen LogP) is -0.124. The molecule has 8 heteroatoms. The molecule has 0 fully saturated rings. The van der Waals surface area contributed by atoms with Gasteiger partial charge in [0.1, 0.15) is 10.7 Å². The third-order valence-corrected chi connectivity index (χ3v) is 3.87. The van der Waals surface area contributed by atoms with Crippen LogP contribution in [0.5, 0.6) is 0 Å². The molecule has 0 saturated heterocycles. The standard InChI is InChI=1S/C10H13N5O2S/c1-15-10(11)9(7-13-15)18(16,17)14-6-8-2-4-12-5-3-8/h2-5,7,14H,6,11H2,1H3. The van der Waals surface area contributed by atoms with Gasteiger partial charge in [0.15, 0.2) is 0 Å². The normalized spacial score (nSPS) is 11.6. The first-order valence-electron chi connectivity index (χ1n) is 5.17. The van der Waals surface area contributed by atoms with E-state index in [4.69, 9.17) is 5.73 Å². The number of nitrogens with one attached hydrogen (secondary N) is 1. The second-order valence-corrected chi connectivity index (χ2v) is 5.43. The summed E-state index contributed by atoms with van der Waals surface area (Å²) in [7, 11) is -2.07. The molecule has 0 atom stereocenters. The number of nitrogens with two attached hydrogens (primary N) is 1. The molecule has 2 rings (SSSR count). The van der Waals surface area contributed by atoms with Crippen molar-refractivity contribution in [1.82, 2.24) is 19.5 Å². The summed E-state index contributed by atoms with van der Waals surface area (Å²) in [4.78, 5) is 3.84. The average Bonchev–Trinajstić information content (AvgIpc) is 2.70. The van der Waals surface area contributed by atoms with Crippen molar-refractivity contribution in [1.29, 1.82) is 0 Å². The number of pyridine rings is 1. The van der Waals surface area contributed by atoms with E-state index in [-0.39, 0.29) is 17.3 Å². The van der Waals surface area contributed by atoms with Gasteiger partial charge in [0.2, 0.25) is 10.0 Å². The quantitative estimate of drug-likeness (QED) is 0.803. The first kappa shape index (κ1) is 12.5. The van der Waals surface area contributed by atoms with Crippen molar-refractivity contribution in [2.24, 2.45) is 7.05 Å². The molecule has 0 aromatic carbocycles. The van der Waals surface area contributed by atoms with Gasteiger partial charge < -0.3 is 5.73 Å². The summed E-state index contributed by atoms with van der Waals surface area (Å²) in [6, 6.07) is 3.46. The maximum Gasteiger partial charge on any atom is 0.246 e. The molecule has 7 nitrogen and oxygen atoms in total. The van der Waals surface area contributed by atoms with Crippen molar-refractivity contribution in [3.05, 3.63) is 36.3 Å². The summed E-state index contributed by atoms with van der Waals surface area (Å²) in [6.07, 6.45) is 4.42. The van der Waals surface area contributed by atoms with Crippen molar-refractivity contribution >= 4 is 15.8 Å². The van der Waals surface area contributed by atoms with Gasteiger partial charge in [-0.05, 0) is 17.7 Å². The number of anilines is 1. The molecule has 0 aliphatic heterocycles. The van der Waals surface area contributed by atoms with E-state index in [0.29, 0.717) is 0 Å². The topological polar surface area (TPSA) is 103 Å². The fourth-order valence-electron chi connectivity index (χ4n) is 1.39. The Bertz CT molecular complexity index is 636. The number of hydrogen-bond donors (Lipinski definition) is 2. The van der Waals surface area contributed by atoms with E-state index >= 15 is 0 Å². The summed E-state index contributed by atoms with van der Waals surface area (Å²) in [6.45, 7) is 0.180. The first-order valence-corrected chi connectivity index (χ1v) is 6.65. The molecule has 96 valence electrons. The molecular weight excluding hydrogens is 254 g/mol. The predicted molar refractivity (Wildman–Crippen MR) is 65.9 cm³/mol. The highest BCUT2D eigenvalue weighted by atomic mass is 32.2. The van der Waals surface area contributed by atoms with E-state index in [9.17, 15) is 8.42 Å². The Labute approximate surface area is 105 Å². The lowest BCUT2D eigenvalue weighted by Gasteiger charge is -2.05. The average molecular weight is 267 g/mol. The molecule has 18 heavy (non-hydrogen) atoms. The van der Waals surface area contributed by atoms with Gasteiger partial charge >= 0.3 is 0 Å². The lowest BCUT2D eigenvalue weighted by atomic mass is 10.3. The Morgan fingerprint density at radius 3 is 2.61 bits per heavy atom. The second-order valence-electron chi connectivity index (χ2n) is 3.70. The van der Waals surface area contributed by atoms with E-state index < -0.39 is 10.0 Å². The number of nitrogen functional groups attached to an aromatic ring is 1. The first-order chi connectivity index (χ1) is 8.50. The van der Waals surface area contributed by atoms with E-state index in [1.54, 1.807) is 31.6 Å². The molecule has 0 unspecified atom stereocenters. The molecule has 2 heterocycles. The minimum atomic E-state index is -3.65. The number of hydrogen-bond acceptors (Lipinski definition) is 5. The van der Waals surface area contributed by atoms with Gasteiger partial charge in [0.25, 0.3) is 0 Å². The van der Waals surface area contributed by atoms with Gasteiger partial charge in [-0.15, -0.1) is 0 Å². The van der Waals surface area contributed by atoms with Crippen LogP contribution in [0.25, 0.3) is 0 Å². The van der Waals surface area contributed by atoms with Crippen LogP contribution >= 0.6 is 0 Å². The molecule has 0 aliphatic carbocycles. The molecule has 2 aromatic heterocycles. The number of sulfonamides is 1. The molecule has 0 spiro atoms.